The summed E-state index contributed by atoms with van der Waals surface area (Å²) in [5, 5.41) is 0. The normalized spacial score (nSPS) is 13.0. The number of aromatic nitrogens is 8. The SMILES string of the molecule is C1=Cc2cc3ccc(cc4nc(cc5ccc(cc1n2)[nH]5)C=C4)[nH]3.CCC1=C(CC)c2cc3[nH]c(cc4nc(cc5[nH]c(cc1n2)c(CC)c5CC)C(CC)=C4CC)c(CC)c3CC.[MgH2]. The molecule has 4 N–H and O–H groups in total. The van der Waals surface area contributed by atoms with Crippen LogP contribution >= 0.6 is 0 Å². The van der Waals surface area contributed by atoms with Crippen LogP contribution in [-0.2, 0) is 25.7 Å². The van der Waals surface area contributed by atoms with Crippen molar-refractivity contribution in [2.75, 3.05) is 0 Å². The summed E-state index contributed by atoms with van der Waals surface area (Å²) in [5.41, 5.74) is 28.1. The molecule has 0 saturated heterocycles. The Morgan fingerprint density at radius 2 is 0.554 bits per heavy atom. The fourth-order valence-electron chi connectivity index (χ4n) is 10.0. The topological polar surface area (TPSA) is 115 Å². The zero-order valence-corrected chi connectivity index (χ0v) is 38.7. The predicted molar refractivity (Wildman–Crippen MR) is 281 cm³/mol. The van der Waals surface area contributed by atoms with Gasteiger partial charge in [-0.3, -0.25) is 0 Å². The van der Waals surface area contributed by atoms with Gasteiger partial charge in [-0.25, -0.2) is 19.9 Å². The van der Waals surface area contributed by atoms with Crippen molar-refractivity contribution in [3.63, 3.8) is 0 Å². The van der Waals surface area contributed by atoms with E-state index < -0.39 is 0 Å². The van der Waals surface area contributed by atoms with Crippen molar-refractivity contribution in [3.8, 4) is 0 Å². The maximum Gasteiger partial charge on any atom is 0.316 e. The summed E-state index contributed by atoms with van der Waals surface area (Å²) < 4.78 is 0. The molecule has 8 nitrogen and oxygen atoms in total. The fourth-order valence-corrected chi connectivity index (χ4v) is 10.0. The van der Waals surface area contributed by atoms with E-state index in [1.807, 2.05) is 48.6 Å². The van der Waals surface area contributed by atoms with Crippen LogP contribution in [0.4, 0.5) is 0 Å². The minimum absolute atomic E-state index is 0. The molecule has 4 aliphatic rings. The Labute approximate surface area is 398 Å². The third kappa shape index (κ3) is 9.01. The molecule has 0 unspecified atom stereocenters. The van der Waals surface area contributed by atoms with Crippen molar-refractivity contribution in [1.82, 2.24) is 39.9 Å². The Hall–Kier alpha value is -6.03. The molecule has 0 atom stereocenters. The summed E-state index contributed by atoms with van der Waals surface area (Å²) >= 11 is 0. The lowest BCUT2D eigenvalue weighted by Gasteiger charge is -2.03. The fraction of sp³-hybridized carbons (Fsp3) is 0.286. The van der Waals surface area contributed by atoms with Gasteiger partial charge in [-0.15, -0.1) is 0 Å². The highest BCUT2D eigenvalue weighted by atomic mass is 24.3. The van der Waals surface area contributed by atoms with Crippen LogP contribution in [-0.4, -0.2) is 62.9 Å². The largest absolute Gasteiger partial charge is 0.355 e. The first-order valence-corrected chi connectivity index (χ1v) is 23.5. The number of nitrogens with one attached hydrogen (secondary N) is 4. The third-order valence-corrected chi connectivity index (χ3v) is 13.0. The molecule has 0 radical (unpaired) electrons. The Morgan fingerprint density at radius 3 is 0.769 bits per heavy atom. The number of hydrogen-bond donors (Lipinski definition) is 4. The van der Waals surface area contributed by atoms with Crippen LogP contribution in [0.3, 0.4) is 0 Å². The van der Waals surface area contributed by atoms with E-state index >= 15 is 0 Å². The minimum Gasteiger partial charge on any atom is -0.355 e. The van der Waals surface area contributed by atoms with Crippen LogP contribution in [0.15, 0.2) is 72.8 Å². The van der Waals surface area contributed by atoms with Crippen LogP contribution in [0.5, 0.6) is 0 Å². The molecule has 0 aromatic carbocycles. The van der Waals surface area contributed by atoms with Crippen molar-refractivity contribution in [2.45, 2.75) is 107 Å². The number of aryl methyl sites for hydroxylation is 4. The van der Waals surface area contributed by atoms with Gasteiger partial charge in [-0.2, -0.15) is 0 Å². The van der Waals surface area contributed by atoms with Gasteiger partial charge in [0, 0.05) is 44.1 Å². The third-order valence-electron chi connectivity index (χ3n) is 13.0. The summed E-state index contributed by atoms with van der Waals surface area (Å²) in [5.74, 6) is 0. The lowest BCUT2D eigenvalue weighted by molar-refractivity contribution is 1.07. The molecule has 328 valence electrons. The van der Waals surface area contributed by atoms with Gasteiger partial charge < -0.3 is 19.9 Å². The first-order chi connectivity index (χ1) is 31.3. The Kier molecular flexibility index (Phi) is 13.7. The van der Waals surface area contributed by atoms with Crippen molar-refractivity contribution >= 4 is 114 Å². The number of nitrogens with zero attached hydrogens (tertiary/aromatic N) is 4. The molecule has 10 heterocycles. The van der Waals surface area contributed by atoms with Gasteiger partial charge in [0.15, 0.2) is 0 Å². The molecule has 4 aliphatic heterocycles. The average Bonchev–Trinajstić information content (AvgIpc) is 4.17. The van der Waals surface area contributed by atoms with Crippen molar-refractivity contribution in [1.29, 1.82) is 0 Å². The smallest absolute Gasteiger partial charge is 0.316 e. The van der Waals surface area contributed by atoms with E-state index in [9.17, 15) is 0 Å². The Balaban J connectivity index is 0.000000195. The second-order valence-corrected chi connectivity index (χ2v) is 16.8. The maximum absolute atomic E-state index is 5.29. The highest BCUT2D eigenvalue weighted by molar-refractivity contribution is 5.96. The van der Waals surface area contributed by atoms with Crippen molar-refractivity contribution < 1.29 is 0 Å². The molecule has 9 heteroatoms. The number of aromatic amines is 4. The highest BCUT2D eigenvalue weighted by Crippen LogP contribution is 2.38. The molecule has 0 fully saturated rings. The minimum atomic E-state index is 0. The van der Waals surface area contributed by atoms with Crippen LogP contribution < -0.4 is 0 Å². The summed E-state index contributed by atoms with van der Waals surface area (Å²) in [6.45, 7) is 18.1. The summed E-state index contributed by atoms with van der Waals surface area (Å²) in [4.78, 5) is 34.3. The molecular weight excluding hydrogens is 809 g/mol. The quantitative estimate of drug-likeness (QED) is 0.114. The number of H-pyrrole nitrogens is 4. The highest BCUT2D eigenvalue weighted by Gasteiger charge is 2.22. The first-order valence-electron chi connectivity index (χ1n) is 23.5. The molecule has 0 saturated carbocycles. The summed E-state index contributed by atoms with van der Waals surface area (Å²) in [6, 6.07) is 25.6. The van der Waals surface area contributed by atoms with Crippen LogP contribution in [0.25, 0.3) is 90.7 Å². The van der Waals surface area contributed by atoms with E-state index in [0.717, 1.165) is 119 Å². The second kappa shape index (κ2) is 19.6. The van der Waals surface area contributed by atoms with E-state index in [0.29, 0.717) is 0 Å². The molecule has 65 heavy (non-hydrogen) atoms. The van der Waals surface area contributed by atoms with Crippen LogP contribution in [0.1, 0.15) is 149 Å². The molecular formula is C56H62MgN8. The number of allylic oxidation sites excluding steroid dienone is 4. The standard InChI is InChI=1S/C36H46N4.C20H14N4.Mg.2H/c1-9-21-22(10-2)30-18-32-25(13-5)26(14-6)34(39-32)20-36-28(16-8)27(15-7)35(40-36)19-33-24(12-4)23(11-3)31(38-33)17-29(21)37-30;1-2-14-10-16-5-6-18(23-16)12-20-8-7-19(24-20)11-17-4-3-15(22-17)9-13(1)21-14;;;/h17-20,37,40H,9-16H2,1-8H3;1-12,21,24H;;;. The predicted octanol–water partition coefficient (Wildman–Crippen LogP) is 13.8. The van der Waals surface area contributed by atoms with Crippen molar-refractivity contribution in [3.05, 3.63) is 141 Å². The monoisotopic (exact) mass is 870 g/mol. The van der Waals surface area contributed by atoms with Crippen LogP contribution in [0.2, 0.25) is 0 Å². The zero-order chi connectivity index (χ0) is 44.5. The van der Waals surface area contributed by atoms with Gasteiger partial charge in [-0.05, 0) is 193 Å². The van der Waals surface area contributed by atoms with E-state index in [2.05, 4.69) is 134 Å². The van der Waals surface area contributed by atoms with Gasteiger partial charge in [0.25, 0.3) is 0 Å². The lowest BCUT2D eigenvalue weighted by atomic mass is 9.98. The molecule has 6 aromatic rings. The molecule has 16 bridgehead atoms. The molecule has 10 rings (SSSR count). The second-order valence-electron chi connectivity index (χ2n) is 16.8. The van der Waals surface area contributed by atoms with Gasteiger partial charge >= 0.3 is 23.1 Å². The lowest BCUT2D eigenvalue weighted by Crippen LogP contribution is -1.87. The van der Waals surface area contributed by atoms with Gasteiger partial charge in [0.2, 0.25) is 0 Å². The van der Waals surface area contributed by atoms with Gasteiger partial charge in [0.05, 0.1) is 45.6 Å². The van der Waals surface area contributed by atoms with E-state index in [1.54, 1.807) is 0 Å². The molecule has 0 aliphatic carbocycles. The van der Waals surface area contributed by atoms with E-state index in [-0.39, 0.29) is 23.1 Å². The number of rotatable bonds is 8. The van der Waals surface area contributed by atoms with Gasteiger partial charge in [-0.1, -0.05) is 55.4 Å². The van der Waals surface area contributed by atoms with E-state index in [1.165, 1.54) is 66.6 Å². The molecule has 0 amide bonds. The summed E-state index contributed by atoms with van der Waals surface area (Å²) in [7, 11) is 0. The summed E-state index contributed by atoms with van der Waals surface area (Å²) in [6.07, 6.45) is 15.9. The first kappa shape index (κ1) is 45.5. The molecule has 6 aromatic heterocycles. The number of fused-ring (bicyclic) bond motifs is 16. The number of hydrogen-bond acceptors (Lipinski definition) is 4. The Bertz CT molecular complexity index is 2860. The van der Waals surface area contributed by atoms with E-state index in [4.69, 9.17) is 9.97 Å². The zero-order valence-electron chi connectivity index (χ0n) is 38.7. The molecule has 0 spiro atoms. The van der Waals surface area contributed by atoms with Crippen molar-refractivity contribution in [2.24, 2.45) is 0 Å². The Morgan fingerprint density at radius 1 is 0.308 bits per heavy atom. The van der Waals surface area contributed by atoms with Gasteiger partial charge in [0.1, 0.15) is 0 Å². The van der Waals surface area contributed by atoms with Crippen LogP contribution in [0, 0.1) is 0 Å². The maximum atomic E-state index is 5.29. The average molecular weight is 871 g/mol.